The van der Waals surface area contributed by atoms with Crippen LogP contribution in [0.25, 0.3) is 10.9 Å². The maximum atomic E-state index is 12.9. The molecule has 3 aromatic rings. The summed E-state index contributed by atoms with van der Waals surface area (Å²) >= 11 is 0. The molecule has 3 saturated heterocycles. The van der Waals surface area contributed by atoms with E-state index in [0.717, 1.165) is 66.9 Å². The van der Waals surface area contributed by atoms with Gasteiger partial charge in [-0.1, -0.05) is 0 Å². The Hall–Kier alpha value is -3.39. The van der Waals surface area contributed by atoms with Gasteiger partial charge in [-0.15, -0.1) is 0 Å². The number of urea groups is 1. The van der Waals surface area contributed by atoms with Gasteiger partial charge in [0, 0.05) is 67.6 Å². The van der Waals surface area contributed by atoms with Gasteiger partial charge in [0.05, 0.1) is 17.3 Å². The molecule has 3 fully saturated rings. The predicted molar refractivity (Wildman–Crippen MR) is 143 cm³/mol. The Morgan fingerprint density at radius 1 is 0.861 bits per heavy atom. The van der Waals surface area contributed by atoms with Gasteiger partial charge in [-0.2, -0.15) is 0 Å². The van der Waals surface area contributed by atoms with Crippen molar-refractivity contribution in [2.45, 2.75) is 44.1 Å². The number of β-amino-alcohol motifs (C(OH)–C–C–N with tert-alkyl or cyclic N) is 1. The zero-order valence-electron chi connectivity index (χ0n) is 20.6. The summed E-state index contributed by atoms with van der Waals surface area (Å²) in [6.45, 7) is 5.19. The fourth-order valence-electron chi connectivity index (χ4n) is 5.85. The molecule has 2 amide bonds. The number of nitrogens with one attached hydrogen (secondary N) is 1. The van der Waals surface area contributed by atoms with Crippen molar-refractivity contribution in [3.05, 3.63) is 54.5 Å². The van der Waals surface area contributed by atoms with Crippen molar-refractivity contribution in [3.8, 4) is 0 Å². The third-order valence-electron chi connectivity index (χ3n) is 7.94. The Kier molecular flexibility index (Phi) is 6.35. The van der Waals surface area contributed by atoms with E-state index in [2.05, 4.69) is 55.4 Å². The van der Waals surface area contributed by atoms with E-state index in [-0.39, 0.29) is 12.1 Å². The van der Waals surface area contributed by atoms with Gasteiger partial charge in [-0.05, 0) is 74.6 Å². The highest BCUT2D eigenvalue weighted by Crippen LogP contribution is 2.33. The lowest BCUT2D eigenvalue weighted by Crippen LogP contribution is -2.40. The quantitative estimate of drug-likeness (QED) is 0.575. The number of aliphatic hydroxyl groups excluding tert-OH is 1. The SMILES string of the molecule is O=C(Nc1ccc(N2CCCC2)cc1)N1CCC(c2ncnc3cc(N4CCC(O)C4)ccc23)CC1. The molecule has 4 heterocycles. The number of hydrogen-bond acceptors (Lipinski definition) is 6. The van der Waals surface area contributed by atoms with E-state index in [9.17, 15) is 9.90 Å². The highest BCUT2D eigenvalue weighted by molar-refractivity contribution is 5.89. The molecule has 6 rings (SSSR count). The maximum absolute atomic E-state index is 12.9. The van der Waals surface area contributed by atoms with Crippen LogP contribution in [-0.2, 0) is 0 Å². The fraction of sp³-hybridized carbons (Fsp3) is 0.464. The van der Waals surface area contributed by atoms with Gasteiger partial charge >= 0.3 is 6.03 Å². The number of aromatic nitrogens is 2. The molecule has 3 aliphatic rings. The summed E-state index contributed by atoms with van der Waals surface area (Å²) in [4.78, 5) is 28.6. The fourth-order valence-corrected chi connectivity index (χ4v) is 5.85. The second kappa shape index (κ2) is 9.93. The topological polar surface area (TPSA) is 84.8 Å². The van der Waals surface area contributed by atoms with Crippen LogP contribution in [0.5, 0.6) is 0 Å². The number of anilines is 3. The van der Waals surface area contributed by atoms with Crippen molar-refractivity contribution in [2.75, 3.05) is 54.4 Å². The first-order valence-corrected chi connectivity index (χ1v) is 13.2. The first kappa shape index (κ1) is 23.0. The van der Waals surface area contributed by atoms with Crippen LogP contribution in [0.2, 0.25) is 0 Å². The van der Waals surface area contributed by atoms with Crippen molar-refractivity contribution < 1.29 is 9.90 Å². The molecule has 8 nitrogen and oxygen atoms in total. The molecule has 0 saturated carbocycles. The minimum absolute atomic E-state index is 0.0349. The largest absolute Gasteiger partial charge is 0.391 e. The van der Waals surface area contributed by atoms with Crippen molar-refractivity contribution >= 4 is 34.0 Å². The number of hydrogen-bond donors (Lipinski definition) is 2. The van der Waals surface area contributed by atoms with Gasteiger partial charge in [-0.3, -0.25) is 0 Å². The molecule has 8 heteroatoms. The molecule has 0 radical (unpaired) electrons. The summed E-state index contributed by atoms with van der Waals surface area (Å²) in [6, 6.07) is 14.5. The third-order valence-corrected chi connectivity index (χ3v) is 7.94. The van der Waals surface area contributed by atoms with Crippen molar-refractivity contribution in [1.82, 2.24) is 14.9 Å². The molecule has 188 valence electrons. The highest BCUT2D eigenvalue weighted by atomic mass is 16.3. The van der Waals surface area contributed by atoms with E-state index in [1.54, 1.807) is 6.33 Å². The summed E-state index contributed by atoms with van der Waals surface area (Å²) in [5.74, 6) is 0.304. The van der Waals surface area contributed by atoms with Gasteiger partial charge in [0.15, 0.2) is 0 Å². The number of benzene rings is 2. The second-order valence-corrected chi connectivity index (χ2v) is 10.3. The zero-order valence-corrected chi connectivity index (χ0v) is 20.6. The van der Waals surface area contributed by atoms with Gasteiger partial charge < -0.3 is 25.1 Å². The van der Waals surface area contributed by atoms with Crippen LogP contribution in [0.1, 0.15) is 43.7 Å². The Bertz CT molecular complexity index is 1220. The molecule has 36 heavy (non-hydrogen) atoms. The summed E-state index contributed by atoms with van der Waals surface area (Å²) in [5.41, 5.74) is 5.19. The van der Waals surface area contributed by atoms with Gasteiger partial charge in [0.2, 0.25) is 0 Å². The van der Waals surface area contributed by atoms with E-state index >= 15 is 0 Å². The van der Waals surface area contributed by atoms with E-state index in [4.69, 9.17) is 0 Å². The summed E-state index contributed by atoms with van der Waals surface area (Å²) in [6.07, 6.45) is 6.49. The maximum Gasteiger partial charge on any atom is 0.321 e. The van der Waals surface area contributed by atoms with Crippen LogP contribution < -0.4 is 15.1 Å². The zero-order chi connectivity index (χ0) is 24.5. The number of amides is 2. The number of aliphatic hydroxyl groups is 1. The third kappa shape index (κ3) is 4.69. The first-order chi connectivity index (χ1) is 17.6. The molecule has 2 N–H and O–H groups in total. The molecule has 0 spiro atoms. The molecule has 1 aromatic heterocycles. The van der Waals surface area contributed by atoms with E-state index in [1.165, 1.54) is 18.5 Å². The summed E-state index contributed by atoms with van der Waals surface area (Å²) in [7, 11) is 0. The molecule has 1 unspecified atom stereocenters. The smallest absolute Gasteiger partial charge is 0.321 e. The van der Waals surface area contributed by atoms with Crippen LogP contribution in [-0.4, -0.2) is 71.4 Å². The summed E-state index contributed by atoms with van der Waals surface area (Å²) in [5, 5.41) is 14.0. The lowest BCUT2D eigenvalue weighted by Gasteiger charge is -2.32. The molecular formula is C28H34N6O2. The van der Waals surface area contributed by atoms with E-state index < -0.39 is 0 Å². The number of carbonyl (C=O) groups is 1. The van der Waals surface area contributed by atoms with Crippen LogP contribution >= 0.6 is 0 Å². The molecule has 1 atom stereocenters. The second-order valence-electron chi connectivity index (χ2n) is 10.3. The van der Waals surface area contributed by atoms with Gasteiger partial charge in [-0.25, -0.2) is 14.8 Å². The average Bonchev–Trinajstić information content (AvgIpc) is 3.61. The van der Waals surface area contributed by atoms with Gasteiger partial charge in [0.1, 0.15) is 6.33 Å². The van der Waals surface area contributed by atoms with Crippen molar-refractivity contribution in [2.24, 2.45) is 0 Å². The number of carbonyl (C=O) groups excluding carboxylic acids is 1. The van der Waals surface area contributed by atoms with Crippen LogP contribution in [0, 0.1) is 0 Å². The average molecular weight is 487 g/mol. The molecule has 2 aromatic carbocycles. The monoisotopic (exact) mass is 486 g/mol. The van der Waals surface area contributed by atoms with Crippen LogP contribution in [0.4, 0.5) is 21.9 Å². The molecule has 0 bridgehead atoms. The standard InChI is InChI=1S/C28H34N6O2/c35-24-11-16-34(18-24)23-7-8-25-26(17-23)29-19-30-27(25)20-9-14-33(15-10-20)28(36)31-21-3-5-22(6-4-21)32-12-1-2-13-32/h3-8,17,19-20,24,35H,1-2,9-16,18H2,(H,31,36). The Labute approximate surface area is 211 Å². The Morgan fingerprint density at radius 2 is 1.61 bits per heavy atom. The van der Waals surface area contributed by atoms with Crippen LogP contribution in [0.15, 0.2) is 48.8 Å². The van der Waals surface area contributed by atoms with Gasteiger partial charge in [0.25, 0.3) is 0 Å². The predicted octanol–water partition coefficient (Wildman–Crippen LogP) is 4.21. The minimum atomic E-state index is -0.252. The van der Waals surface area contributed by atoms with Crippen molar-refractivity contribution in [3.63, 3.8) is 0 Å². The first-order valence-electron chi connectivity index (χ1n) is 13.2. The Balaban J connectivity index is 1.08. The van der Waals surface area contributed by atoms with E-state index in [0.29, 0.717) is 25.6 Å². The molecular weight excluding hydrogens is 452 g/mol. The molecule has 3 aliphatic heterocycles. The van der Waals surface area contributed by atoms with Crippen LogP contribution in [0.3, 0.4) is 0 Å². The Morgan fingerprint density at radius 3 is 2.33 bits per heavy atom. The lowest BCUT2D eigenvalue weighted by molar-refractivity contribution is 0.194. The minimum Gasteiger partial charge on any atom is -0.391 e. The number of likely N-dealkylation sites (tertiary alicyclic amines) is 1. The highest BCUT2D eigenvalue weighted by Gasteiger charge is 2.27. The number of piperidine rings is 1. The summed E-state index contributed by atoms with van der Waals surface area (Å²) < 4.78 is 0. The normalized spacial score (nSPS) is 20.9. The lowest BCUT2D eigenvalue weighted by atomic mass is 9.91. The van der Waals surface area contributed by atoms with E-state index in [1.807, 2.05) is 17.0 Å². The number of fused-ring (bicyclic) bond motifs is 1. The molecule has 0 aliphatic carbocycles. The number of rotatable bonds is 4. The van der Waals surface area contributed by atoms with Crippen molar-refractivity contribution in [1.29, 1.82) is 0 Å². The number of nitrogens with zero attached hydrogens (tertiary/aromatic N) is 5.